The number of nitrogens with two attached hydrogens (primary N) is 1. The standard InChI is InChI=1S/C21H21ClN2O8/c1-24(2)14-7-5-6-10(16(27)12-9(25)4-3-8(22)11(12)15(6)26)18(29)21(7,32)19(30)13(17(14)28)20(23)31/h3-4,6-7,14-15,25-27,30,32H,5H2,1-2H3,(H2,23,31)/t6-,7-,14-,15-,21-/m1/s1. The second-order valence-electron chi connectivity index (χ2n) is 8.47. The van der Waals surface area contributed by atoms with Crippen LogP contribution < -0.4 is 5.73 Å². The molecule has 0 radical (unpaired) electrons. The molecule has 3 aliphatic carbocycles. The fraction of sp³-hybridized carbons (Fsp3) is 0.381. The lowest BCUT2D eigenvalue weighted by Gasteiger charge is -2.51. The number of rotatable bonds is 2. The van der Waals surface area contributed by atoms with Gasteiger partial charge in [-0.3, -0.25) is 19.3 Å². The smallest absolute Gasteiger partial charge is 0.255 e. The van der Waals surface area contributed by atoms with E-state index in [-0.39, 0.29) is 22.6 Å². The Bertz CT molecular complexity index is 1160. The number of benzene rings is 1. The summed E-state index contributed by atoms with van der Waals surface area (Å²) in [5.74, 6) is -8.19. The van der Waals surface area contributed by atoms with Crippen molar-refractivity contribution in [2.45, 2.75) is 24.2 Å². The highest BCUT2D eigenvalue weighted by molar-refractivity contribution is 6.32. The van der Waals surface area contributed by atoms with Crippen LogP contribution in [-0.2, 0) is 14.4 Å². The minimum atomic E-state index is -2.77. The number of phenols is 1. The van der Waals surface area contributed by atoms with Gasteiger partial charge in [-0.05, 0) is 32.6 Å². The van der Waals surface area contributed by atoms with Gasteiger partial charge >= 0.3 is 0 Å². The van der Waals surface area contributed by atoms with Crippen LogP contribution in [-0.4, -0.2) is 73.6 Å². The van der Waals surface area contributed by atoms with Crippen molar-refractivity contribution in [1.29, 1.82) is 0 Å². The van der Waals surface area contributed by atoms with E-state index < -0.39 is 75.5 Å². The summed E-state index contributed by atoms with van der Waals surface area (Å²) in [6.07, 6.45) is -1.70. The Morgan fingerprint density at radius 1 is 1.22 bits per heavy atom. The van der Waals surface area contributed by atoms with E-state index in [4.69, 9.17) is 17.3 Å². The van der Waals surface area contributed by atoms with Crippen molar-refractivity contribution < 1.29 is 39.9 Å². The average Bonchev–Trinajstić information content (AvgIpc) is 2.69. The molecule has 32 heavy (non-hydrogen) atoms. The maximum Gasteiger partial charge on any atom is 0.255 e. The van der Waals surface area contributed by atoms with Crippen molar-refractivity contribution in [2.24, 2.45) is 17.6 Å². The zero-order valence-corrected chi connectivity index (χ0v) is 17.8. The molecule has 10 nitrogen and oxygen atoms in total. The van der Waals surface area contributed by atoms with Crippen LogP contribution in [0.1, 0.15) is 23.7 Å². The van der Waals surface area contributed by atoms with Gasteiger partial charge in [0.25, 0.3) is 5.91 Å². The predicted molar refractivity (Wildman–Crippen MR) is 111 cm³/mol. The third kappa shape index (κ3) is 2.61. The van der Waals surface area contributed by atoms with Crippen LogP contribution in [0.4, 0.5) is 0 Å². The SMILES string of the molecule is CN(C)[C@H]1C(=O)C(C(N)=O)=C(O)[C@]2(O)C(=O)C3=C(O)c4c(O)ccc(Cl)c4[C@H](O)[C@@H]3C[C@H]12. The number of carbonyl (C=O) groups is 3. The lowest BCUT2D eigenvalue weighted by molar-refractivity contribution is -0.155. The van der Waals surface area contributed by atoms with Crippen LogP contribution in [0.25, 0.3) is 5.76 Å². The molecule has 1 saturated carbocycles. The molecule has 4 rings (SSSR count). The third-order valence-corrected chi connectivity index (χ3v) is 6.97. The zero-order chi connectivity index (χ0) is 23.9. The number of phenolic OH excluding ortho intramolecular Hbond substituents is 1. The lowest BCUT2D eigenvalue weighted by atomic mass is 9.57. The molecule has 3 aliphatic rings. The molecule has 0 unspecified atom stereocenters. The van der Waals surface area contributed by atoms with Crippen LogP contribution >= 0.6 is 11.6 Å². The normalized spacial score (nSPS) is 32.1. The summed E-state index contributed by atoms with van der Waals surface area (Å²) >= 11 is 6.19. The molecular weight excluding hydrogens is 444 g/mol. The molecule has 1 aromatic carbocycles. The fourth-order valence-electron chi connectivity index (χ4n) is 5.24. The monoisotopic (exact) mass is 464 g/mol. The molecule has 0 spiro atoms. The van der Waals surface area contributed by atoms with Crippen molar-refractivity contribution in [3.8, 4) is 5.75 Å². The minimum absolute atomic E-state index is 0.00251. The number of ketones is 2. The number of fused-ring (bicyclic) bond motifs is 3. The summed E-state index contributed by atoms with van der Waals surface area (Å²) < 4.78 is 0. The van der Waals surface area contributed by atoms with Gasteiger partial charge in [-0.15, -0.1) is 0 Å². The Kier molecular flexibility index (Phi) is 4.90. The molecule has 11 heteroatoms. The van der Waals surface area contributed by atoms with Crippen molar-refractivity contribution in [2.75, 3.05) is 14.1 Å². The van der Waals surface area contributed by atoms with E-state index in [1.54, 1.807) is 0 Å². The fourth-order valence-corrected chi connectivity index (χ4v) is 5.51. The second kappa shape index (κ2) is 7.04. The van der Waals surface area contributed by atoms with Crippen LogP contribution in [0.5, 0.6) is 5.75 Å². The van der Waals surface area contributed by atoms with E-state index >= 15 is 0 Å². The zero-order valence-electron chi connectivity index (χ0n) is 17.0. The van der Waals surface area contributed by atoms with Crippen LogP contribution in [0.2, 0.25) is 5.02 Å². The summed E-state index contributed by atoms with van der Waals surface area (Å²) in [4.78, 5) is 39.8. The topological polar surface area (TPSA) is 182 Å². The number of aliphatic hydroxyl groups is 4. The third-order valence-electron chi connectivity index (χ3n) is 6.64. The van der Waals surface area contributed by atoms with Gasteiger partial charge in [-0.2, -0.15) is 0 Å². The van der Waals surface area contributed by atoms with Crippen LogP contribution in [0, 0.1) is 11.8 Å². The highest BCUT2D eigenvalue weighted by Crippen LogP contribution is 2.56. The predicted octanol–water partition coefficient (Wildman–Crippen LogP) is 0.108. The average molecular weight is 465 g/mol. The lowest BCUT2D eigenvalue weighted by Crippen LogP contribution is -2.66. The maximum atomic E-state index is 13.6. The van der Waals surface area contributed by atoms with Gasteiger partial charge in [0.05, 0.1) is 17.7 Å². The van der Waals surface area contributed by atoms with Gasteiger partial charge in [0.1, 0.15) is 22.8 Å². The number of amides is 1. The number of likely N-dealkylation sites (N-methyl/N-ethyl adjacent to an activating group) is 1. The summed E-state index contributed by atoms with van der Waals surface area (Å²) in [5, 5.41) is 54.4. The first-order valence-corrected chi connectivity index (χ1v) is 10.1. The molecule has 7 N–H and O–H groups in total. The quantitative estimate of drug-likeness (QED) is 0.331. The Morgan fingerprint density at radius 2 is 1.84 bits per heavy atom. The number of aromatic hydroxyl groups is 1. The van der Waals surface area contributed by atoms with Gasteiger partial charge in [-0.1, -0.05) is 11.6 Å². The molecule has 5 atom stereocenters. The first kappa shape index (κ1) is 22.3. The van der Waals surface area contributed by atoms with Crippen LogP contribution in [0.15, 0.2) is 29.0 Å². The second-order valence-corrected chi connectivity index (χ2v) is 8.87. The van der Waals surface area contributed by atoms with Crippen molar-refractivity contribution in [3.63, 3.8) is 0 Å². The number of Topliss-reactive ketones (excluding diaryl/α,β-unsaturated/α-hetero) is 2. The number of aliphatic hydroxyl groups excluding tert-OH is 3. The highest BCUT2D eigenvalue weighted by Gasteiger charge is 2.65. The largest absolute Gasteiger partial charge is 0.508 e. The number of halogens is 1. The van der Waals surface area contributed by atoms with Gasteiger partial charge in [0, 0.05) is 28.0 Å². The van der Waals surface area contributed by atoms with E-state index in [1.807, 2.05) is 0 Å². The summed E-state index contributed by atoms with van der Waals surface area (Å²) in [6, 6.07) is 1.25. The molecular formula is C21H21ClN2O8. The molecule has 170 valence electrons. The Balaban J connectivity index is 2.03. The van der Waals surface area contributed by atoms with Crippen molar-refractivity contribution in [3.05, 3.63) is 45.2 Å². The number of primary amides is 1. The summed E-state index contributed by atoms with van der Waals surface area (Å²) in [6.45, 7) is 0. The van der Waals surface area contributed by atoms with Crippen molar-refractivity contribution >= 4 is 34.8 Å². The molecule has 1 aromatic rings. The first-order valence-electron chi connectivity index (χ1n) is 9.69. The Hall–Kier alpha value is -2.92. The molecule has 1 amide bonds. The first-order chi connectivity index (χ1) is 14.8. The minimum Gasteiger partial charge on any atom is -0.508 e. The maximum absolute atomic E-state index is 13.6. The Labute approximate surface area is 186 Å². The number of nitrogens with zero attached hydrogens (tertiary/aromatic N) is 1. The van der Waals surface area contributed by atoms with E-state index in [1.165, 1.54) is 31.1 Å². The highest BCUT2D eigenvalue weighted by atomic mass is 35.5. The van der Waals surface area contributed by atoms with Crippen molar-refractivity contribution in [1.82, 2.24) is 4.90 Å². The molecule has 1 fully saturated rings. The molecule has 0 bridgehead atoms. The molecule has 0 saturated heterocycles. The molecule has 0 aliphatic heterocycles. The number of hydrogen-bond donors (Lipinski definition) is 6. The Morgan fingerprint density at radius 3 is 2.41 bits per heavy atom. The van der Waals surface area contributed by atoms with Gasteiger partial charge in [0.2, 0.25) is 5.78 Å². The van der Waals surface area contributed by atoms with Gasteiger partial charge in [0.15, 0.2) is 11.4 Å². The van der Waals surface area contributed by atoms with Crippen LogP contribution in [0.3, 0.4) is 0 Å². The van der Waals surface area contributed by atoms with E-state index in [2.05, 4.69) is 0 Å². The van der Waals surface area contributed by atoms with E-state index in [9.17, 15) is 39.9 Å². The molecule has 0 heterocycles. The van der Waals surface area contributed by atoms with Gasteiger partial charge < -0.3 is 31.3 Å². The molecule has 0 aromatic heterocycles. The van der Waals surface area contributed by atoms with Gasteiger partial charge in [-0.25, -0.2) is 0 Å². The number of carbonyl (C=O) groups excluding carboxylic acids is 3. The number of hydrogen-bond acceptors (Lipinski definition) is 9. The van der Waals surface area contributed by atoms with E-state index in [0.29, 0.717) is 0 Å². The summed E-state index contributed by atoms with van der Waals surface area (Å²) in [5.41, 5.74) is 0.845. The van der Waals surface area contributed by atoms with E-state index in [0.717, 1.165) is 0 Å². The summed E-state index contributed by atoms with van der Waals surface area (Å²) in [7, 11) is 2.97.